The van der Waals surface area contributed by atoms with Gasteiger partial charge in [-0.3, -0.25) is 0 Å². The molecule has 0 saturated carbocycles. The molecule has 2 unspecified atom stereocenters. The van der Waals surface area contributed by atoms with Crippen LogP contribution in [0.2, 0.25) is 0 Å². The number of aromatic nitrogens is 1. The Hall–Kier alpha value is -1.21. The first-order valence-corrected chi connectivity index (χ1v) is 6.51. The molecule has 0 amide bonds. The largest absolute Gasteiger partial charge is 0.352 e. The molecule has 0 bridgehead atoms. The first kappa shape index (κ1) is 11.3. The van der Waals surface area contributed by atoms with Crippen LogP contribution in [0, 0.1) is 11.3 Å². The number of rotatable bonds is 1. The highest BCUT2D eigenvalue weighted by Gasteiger charge is 2.25. The van der Waals surface area contributed by atoms with Gasteiger partial charge in [0.2, 0.25) is 0 Å². The van der Waals surface area contributed by atoms with Crippen molar-refractivity contribution in [2.75, 3.05) is 17.2 Å². The molecule has 2 heterocycles. The molecule has 1 saturated heterocycles. The summed E-state index contributed by atoms with van der Waals surface area (Å²) in [7, 11) is 0. The van der Waals surface area contributed by atoms with Gasteiger partial charge in [0.05, 0.1) is 5.56 Å². The number of pyridine rings is 1. The first-order valence-electron chi connectivity index (χ1n) is 5.47. The van der Waals surface area contributed by atoms with Crippen LogP contribution in [0.3, 0.4) is 0 Å². The summed E-state index contributed by atoms with van der Waals surface area (Å²) in [4.78, 5) is 6.67. The quantitative estimate of drug-likeness (QED) is 0.746. The molecule has 0 radical (unpaired) electrons. The highest BCUT2D eigenvalue weighted by molar-refractivity contribution is 8.00. The molecule has 0 aromatic carbocycles. The van der Waals surface area contributed by atoms with Gasteiger partial charge in [0.25, 0.3) is 0 Å². The van der Waals surface area contributed by atoms with Crippen molar-refractivity contribution in [2.24, 2.45) is 0 Å². The van der Waals surface area contributed by atoms with Gasteiger partial charge in [-0.15, -0.1) is 0 Å². The summed E-state index contributed by atoms with van der Waals surface area (Å²) in [6, 6.07) is 6.37. The number of thioether (sulfide) groups is 1. The lowest BCUT2D eigenvalue weighted by atomic mass is 10.2. The fourth-order valence-corrected chi connectivity index (χ4v) is 2.98. The number of hydrogen-bond acceptors (Lipinski definition) is 4. The zero-order chi connectivity index (χ0) is 11.5. The maximum Gasteiger partial charge on any atom is 0.128 e. The van der Waals surface area contributed by atoms with Crippen LogP contribution in [-0.4, -0.2) is 28.6 Å². The molecule has 0 spiro atoms. The highest BCUT2D eigenvalue weighted by Crippen LogP contribution is 2.27. The number of nitrogens with zero attached hydrogens (tertiary/aromatic N) is 3. The summed E-state index contributed by atoms with van der Waals surface area (Å²) in [5.74, 6) is 2.13. The molecule has 84 valence electrons. The predicted octanol–water partition coefficient (Wildman–Crippen LogP) is 2.28. The molecule has 1 aliphatic rings. The molecular weight excluding hydrogens is 218 g/mol. The minimum Gasteiger partial charge on any atom is -0.352 e. The maximum absolute atomic E-state index is 8.73. The zero-order valence-electron chi connectivity index (χ0n) is 9.55. The van der Waals surface area contributed by atoms with E-state index in [0.29, 0.717) is 16.9 Å². The third-order valence-corrected chi connectivity index (χ3v) is 4.39. The first-order chi connectivity index (χ1) is 7.72. The standard InChI is InChI=1S/C12H15N3S/c1-9-10(2)16-6-5-15(9)12-4-3-11(7-13)8-14-12/h3-4,8-10H,5-6H2,1-2H3. The van der Waals surface area contributed by atoms with E-state index < -0.39 is 0 Å². The van der Waals surface area contributed by atoms with Crippen molar-refractivity contribution in [1.82, 2.24) is 4.98 Å². The normalized spacial score (nSPS) is 25.2. The van der Waals surface area contributed by atoms with Crippen molar-refractivity contribution < 1.29 is 0 Å². The minimum atomic E-state index is 0.499. The highest BCUT2D eigenvalue weighted by atomic mass is 32.2. The van der Waals surface area contributed by atoms with E-state index in [1.54, 1.807) is 6.20 Å². The molecular formula is C12H15N3S. The third-order valence-electron chi connectivity index (χ3n) is 3.06. The zero-order valence-corrected chi connectivity index (χ0v) is 10.4. The Morgan fingerprint density at radius 2 is 2.31 bits per heavy atom. The van der Waals surface area contributed by atoms with Crippen LogP contribution >= 0.6 is 11.8 Å². The summed E-state index contributed by atoms with van der Waals surface area (Å²) in [6.45, 7) is 5.52. The van der Waals surface area contributed by atoms with Gasteiger partial charge in [-0.1, -0.05) is 6.92 Å². The Morgan fingerprint density at radius 3 is 2.94 bits per heavy atom. The van der Waals surface area contributed by atoms with Crippen LogP contribution in [0.15, 0.2) is 18.3 Å². The number of nitriles is 1. The average Bonchev–Trinajstić information content (AvgIpc) is 2.33. The van der Waals surface area contributed by atoms with Crippen LogP contribution in [-0.2, 0) is 0 Å². The third kappa shape index (κ3) is 2.14. The topological polar surface area (TPSA) is 39.9 Å². The molecule has 1 aromatic rings. The molecule has 1 aromatic heterocycles. The van der Waals surface area contributed by atoms with E-state index in [9.17, 15) is 0 Å². The molecule has 1 aliphatic heterocycles. The molecule has 2 atom stereocenters. The van der Waals surface area contributed by atoms with Crippen molar-refractivity contribution in [2.45, 2.75) is 25.1 Å². The van der Waals surface area contributed by atoms with Crippen molar-refractivity contribution >= 4 is 17.6 Å². The smallest absolute Gasteiger partial charge is 0.128 e. The van der Waals surface area contributed by atoms with E-state index in [4.69, 9.17) is 5.26 Å². The number of anilines is 1. The van der Waals surface area contributed by atoms with Gasteiger partial charge in [-0.2, -0.15) is 17.0 Å². The predicted molar refractivity (Wildman–Crippen MR) is 67.7 cm³/mol. The molecule has 1 fully saturated rings. The fourth-order valence-electron chi connectivity index (χ4n) is 1.88. The van der Waals surface area contributed by atoms with Gasteiger partial charge in [0, 0.05) is 29.8 Å². The summed E-state index contributed by atoms with van der Waals surface area (Å²) in [6.07, 6.45) is 1.65. The minimum absolute atomic E-state index is 0.499. The van der Waals surface area contributed by atoms with E-state index in [-0.39, 0.29) is 0 Å². The second-order valence-electron chi connectivity index (χ2n) is 4.03. The van der Waals surface area contributed by atoms with Crippen molar-refractivity contribution in [3.05, 3.63) is 23.9 Å². The lowest BCUT2D eigenvalue weighted by molar-refractivity contribution is 0.620. The van der Waals surface area contributed by atoms with Gasteiger partial charge in [-0.25, -0.2) is 4.98 Å². The SMILES string of the molecule is CC1SCCN(c2ccc(C#N)cn2)C1C. The lowest BCUT2D eigenvalue weighted by Gasteiger charge is -2.38. The van der Waals surface area contributed by atoms with E-state index in [1.807, 2.05) is 23.9 Å². The summed E-state index contributed by atoms with van der Waals surface area (Å²) in [5.41, 5.74) is 0.621. The van der Waals surface area contributed by atoms with Gasteiger partial charge < -0.3 is 4.90 Å². The Labute approximate surface area is 100 Å². The Morgan fingerprint density at radius 1 is 1.50 bits per heavy atom. The van der Waals surface area contributed by atoms with Crippen molar-refractivity contribution in [3.63, 3.8) is 0 Å². The van der Waals surface area contributed by atoms with E-state index in [1.165, 1.54) is 0 Å². The number of hydrogen-bond donors (Lipinski definition) is 0. The van der Waals surface area contributed by atoms with Crippen LogP contribution in [0.5, 0.6) is 0 Å². The monoisotopic (exact) mass is 233 g/mol. The Bertz CT molecular complexity index is 396. The van der Waals surface area contributed by atoms with Gasteiger partial charge in [-0.05, 0) is 19.1 Å². The van der Waals surface area contributed by atoms with Gasteiger partial charge >= 0.3 is 0 Å². The summed E-state index contributed by atoms with van der Waals surface area (Å²) >= 11 is 2.01. The molecule has 3 nitrogen and oxygen atoms in total. The van der Waals surface area contributed by atoms with Crippen molar-refractivity contribution in [3.8, 4) is 6.07 Å². The van der Waals surface area contributed by atoms with E-state index in [0.717, 1.165) is 18.1 Å². The second-order valence-corrected chi connectivity index (χ2v) is 5.51. The van der Waals surface area contributed by atoms with Crippen molar-refractivity contribution in [1.29, 1.82) is 5.26 Å². The average molecular weight is 233 g/mol. The second kappa shape index (κ2) is 4.75. The van der Waals surface area contributed by atoms with Crippen LogP contribution < -0.4 is 4.90 Å². The van der Waals surface area contributed by atoms with Crippen LogP contribution in [0.1, 0.15) is 19.4 Å². The molecule has 0 N–H and O–H groups in total. The molecule has 4 heteroatoms. The van der Waals surface area contributed by atoms with Crippen LogP contribution in [0.25, 0.3) is 0 Å². The summed E-state index contributed by atoms with van der Waals surface area (Å²) < 4.78 is 0. The Balaban J connectivity index is 2.19. The van der Waals surface area contributed by atoms with E-state index in [2.05, 4.69) is 29.8 Å². The maximum atomic E-state index is 8.73. The Kier molecular flexibility index (Phi) is 3.35. The molecule has 2 rings (SSSR count). The van der Waals surface area contributed by atoms with Gasteiger partial charge in [0.15, 0.2) is 0 Å². The fraction of sp³-hybridized carbons (Fsp3) is 0.500. The van der Waals surface area contributed by atoms with Crippen LogP contribution in [0.4, 0.5) is 5.82 Å². The van der Waals surface area contributed by atoms with Gasteiger partial charge in [0.1, 0.15) is 11.9 Å². The lowest BCUT2D eigenvalue weighted by Crippen LogP contribution is -2.45. The van der Waals surface area contributed by atoms with E-state index >= 15 is 0 Å². The molecule has 0 aliphatic carbocycles. The summed E-state index contributed by atoms with van der Waals surface area (Å²) in [5, 5.41) is 9.36. The molecule has 16 heavy (non-hydrogen) atoms.